The van der Waals surface area contributed by atoms with Crippen molar-refractivity contribution in [2.45, 2.75) is 71.8 Å². The molecule has 1 N–H and O–H groups in total. The molecular weight excluding hydrogens is 687 g/mol. The molecule has 9 nitrogen and oxygen atoms in total. The number of tetrazole rings is 1. The average molecular weight is 721 g/mol. The van der Waals surface area contributed by atoms with E-state index in [1.165, 1.54) is 18.0 Å². The first-order chi connectivity index (χ1) is 21.6. The zero-order valence-electron chi connectivity index (χ0n) is 26.2. The Morgan fingerprint density at radius 2 is 1.50 bits per heavy atom. The van der Waals surface area contributed by atoms with Gasteiger partial charge in [0.05, 0.1) is 18.2 Å². The second kappa shape index (κ2) is 15.5. The molecule has 19 heteroatoms. The maximum atomic E-state index is 13.6. The van der Waals surface area contributed by atoms with Crippen molar-refractivity contribution in [3.05, 3.63) is 58.7 Å². The molecule has 0 aliphatic heterocycles. The van der Waals surface area contributed by atoms with Crippen LogP contribution in [0.2, 0.25) is 0 Å². The van der Waals surface area contributed by atoms with Crippen LogP contribution in [0.15, 0.2) is 36.4 Å². The highest BCUT2D eigenvalue weighted by Crippen LogP contribution is 2.38. The van der Waals surface area contributed by atoms with Gasteiger partial charge in [-0.25, -0.2) is 0 Å². The Morgan fingerprint density at radius 1 is 0.896 bits per heavy atom. The van der Waals surface area contributed by atoms with Gasteiger partial charge < -0.3 is 19.6 Å². The first-order valence-electron chi connectivity index (χ1n) is 14.2. The van der Waals surface area contributed by atoms with E-state index in [9.17, 15) is 44.3 Å². The number of hydrogen-bond acceptors (Lipinski definition) is 7. The first kappa shape index (κ1) is 40.2. The third-order valence-corrected chi connectivity index (χ3v) is 7.24. The fraction of sp³-hybridized carbons (Fsp3) is 0.517. The second-order valence-corrected chi connectivity index (χ2v) is 11.6. The second-order valence-electron chi connectivity index (χ2n) is 11.6. The average Bonchev–Trinajstić information content (AvgIpc) is 3.37. The molecular formula is C29H34ClF9N6O3. The number of carboxylic acid groups (broad SMARTS) is 1. The molecule has 3 rings (SSSR count). The Balaban J connectivity index is 0.00000800. The van der Waals surface area contributed by atoms with Gasteiger partial charge in [0, 0.05) is 38.3 Å². The number of anilines is 2. The van der Waals surface area contributed by atoms with E-state index >= 15 is 0 Å². The highest BCUT2D eigenvalue weighted by Gasteiger charge is 2.37. The predicted octanol–water partition coefficient (Wildman–Crippen LogP) is 7.88. The third kappa shape index (κ3) is 11.9. The van der Waals surface area contributed by atoms with Crippen molar-refractivity contribution in [3.63, 3.8) is 0 Å². The molecule has 1 aromatic heterocycles. The van der Waals surface area contributed by atoms with Crippen molar-refractivity contribution >= 4 is 30.0 Å². The first-order valence-corrected chi connectivity index (χ1v) is 14.2. The van der Waals surface area contributed by atoms with E-state index in [1.807, 2.05) is 18.7 Å². The van der Waals surface area contributed by atoms with E-state index in [0.29, 0.717) is 43.8 Å². The molecule has 0 aliphatic rings. The molecule has 268 valence electrons. The van der Waals surface area contributed by atoms with Crippen molar-refractivity contribution in [1.29, 1.82) is 0 Å². The van der Waals surface area contributed by atoms with Crippen LogP contribution in [0, 0.1) is 5.41 Å². The standard InChI is InChI=1S/C29H33F9N6O3.ClH/c1-5-43(11-10-26(2,3)9-8-24(45)46)23-7-6-22(47-29(36,37)38)14-19(23)17-44(25-39-41-42(4)40-25)16-18-12-20(27(30,31)32)15-21(13-18)28(33,34)35;/h6-7,12-15H,5,8-11,16-17H2,1-4H3,(H,45,46);1H. The summed E-state index contributed by atoms with van der Waals surface area (Å²) >= 11 is 0. The molecule has 0 unspecified atom stereocenters. The van der Waals surface area contributed by atoms with Gasteiger partial charge in [0.2, 0.25) is 0 Å². The molecule has 0 fully saturated rings. The van der Waals surface area contributed by atoms with Gasteiger partial charge in [-0.3, -0.25) is 4.79 Å². The summed E-state index contributed by atoms with van der Waals surface area (Å²) in [5, 5.41) is 20.6. The SMILES string of the molecule is CCN(CCC(C)(C)CCC(=O)O)c1ccc(OC(F)(F)F)cc1CN(Cc1cc(C(F)(F)F)cc(C(F)(F)F)c1)c1nnn(C)n1.Cl. The van der Waals surface area contributed by atoms with Crippen molar-refractivity contribution in [2.75, 3.05) is 22.9 Å². The fourth-order valence-corrected chi connectivity index (χ4v) is 4.79. The quantitative estimate of drug-likeness (QED) is 0.168. The lowest BCUT2D eigenvalue weighted by Gasteiger charge is -2.32. The molecule has 0 bridgehead atoms. The molecule has 0 radical (unpaired) electrons. The van der Waals surface area contributed by atoms with E-state index in [4.69, 9.17) is 5.11 Å². The number of hydrogen-bond donors (Lipinski definition) is 1. The Labute approximate surface area is 276 Å². The maximum absolute atomic E-state index is 13.6. The van der Waals surface area contributed by atoms with Crippen LogP contribution in [0.1, 0.15) is 62.3 Å². The lowest BCUT2D eigenvalue weighted by molar-refractivity contribution is -0.274. The Kier molecular flexibility index (Phi) is 13.0. The van der Waals surface area contributed by atoms with Crippen LogP contribution in [-0.4, -0.2) is 50.7 Å². The highest BCUT2D eigenvalue weighted by atomic mass is 35.5. The van der Waals surface area contributed by atoms with Crippen LogP contribution >= 0.6 is 12.4 Å². The van der Waals surface area contributed by atoms with E-state index in [-0.39, 0.29) is 43.0 Å². The van der Waals surface area contributed by atoms with Gasteiger partial charge >= 0.3 is 24.7 Å². The van der Waals surface area contributed by atoms with E-state index in [2.05, 4.69) is 20.1 Å². The van der Waals surface area contributed by atoms with E-state index in [0.717, 1.165) is 16.9 Å². The fourth-order valence-electron chi connectivity index (χ4n) is 4.79. The van der Waals surface area contributed by atoms with Gasteiger partial charge in [-0.2, -0.15) is 31.1 Å². The van der Waals surface area contributed by atoms with Crippen molar-refractivity contribution in [2.24, 2.45) is 12.5 Å². The molecule has 0 aliphatic carbocycles. The topological polar surface area (TPSA) is 96.6 Å². The third-order valence-electron chi connectivity index (χ3n) is 7.24. The molecule has 0 amide bonds. The smallest absolute Gasteiger partial charge is 0.481 e. The van der Waals surface area contributed by atoms with Crippen molar-refractivity contribution in [3.8, 4) is 5.75 Å². The molecule has 1 heterocycles. The zero-order chi connectivity index (χ0) is 35.4. The summed E-state index contributed by atoms with van der Waals surface area (Å²) in [6, 6.07) is 4.58. The normalized spacial score (nSPS) is 12.4. The molecule has 3 aromatic rings. The van der Waals surface area contributed by atoms with Crippen LogP contribution in [-0.2, 0) is 37.3 Å². The number of alkyl halides is 9. The Bertz CT molecular complexity index is 1500. The largest absolute Gasteiger partial charge is 0.573 e. The summed E-state index contributed by atoms with van der Waals surface area (Å²) in [6.07, 6.45) is -14.5. The van der Waals surface area contributed by atoms with Gasteiger partial charge in [-0.05, 0) is 77.9 Å². The summed E-state index contributed by atoms with van der Waals surface area (Å²) in [6.45, 7) is 5.20. The molecule has 0 atom stereocenters. The minimum Gasteiger partial charge on any atom is -0.481 e. The molecule has 2 aromatic carbocycles. The van der Waals surface area contributed by atoms with Gasteiger partial charge in [0.1, 0.15) is 5.75 Å². The summed E-state index contributed by atoms with van der Waals surface area (Å²) in [4.78, 5) is 15.1. The summed E-state index contributed by atoms with van der Waals surface area (Å²) in [7, 11) is 1.37. The van der Waals surface area contributed by atoms with Crippen LogP contribution < -0.4 is 14.5 Å². The van der Waals surface area contributed by atoms with Gasteiger partial charge in [-0.15, -0.1) is 30.7 Å². The number of benzene rings is 2. The summed E-state index contributed by atoms with van der Waals surface area (Å²) < 4.78 is 125. The lowest BCUT2D eigenvalue weighted by atomic mass is 9.84. The number of nitrogens with zero attached hydrogens (tertiary/aromatic N) is 6. The molecule has 0 spiro atoms. The zero-order valence-corrected chi connectivity index (χ0v) is 27.0. The van der Waals surface area contributed by atoms with E-state index < -0.39 is 59.1 Å². The molecule has 0 saturated heterocycles. The number of aromatic nitrogens is 4. The van der Waals surface area contributed by atoms with Crippen LogP contribution in [0.3, 0.4) is 0 Å². The summed E-state index contributed by atoms with van der Waals surface area (Å²) in [5.74, 6) is -1.79. The van der Waals surface area contributed by atoms with Crippen molar-refractivity contribution < 1.29 is 54.2 Å². The summed E-state index contributed by atoms with van der Waals surface area (Å²) in [5.41, 5.74) is -3.38. The van der Waals surface area contributed by atoms with Crippen molar-refractivity contribution in [1.82, 2.24) is 20.2 Å². The van der Waals surface area contributed by atoms with Crippen LogP contribution in [0.5, 0.6) is 5.75 Å². The highest BCUT2D eigenvalue weighted by molar-refractivity contribution is 5.85. The molecule has 0 saturated carbocycles. The number of aliphatic carboxylic acids is 1. The lowest BCUT2D eigenvalue weighted by Crippen LogP contribution is -2.31. The molecule has 48 heavy (non-hydrogen) atoms. The van der Waals surface area contributed by atoms with E-state index in [1.54, 1.807) is 6.92 Å². The van der Waals surface area contributed by atoms with Crippen LogP contribution in [0.4, 0.5) is 51.1 Å². The Hall–Kier alpha value is -3.96. The minimum atomic E-state index is -5.11. The van der Waals surface area contributed by atoms with Gasteiger partial charge in [0.25, 0.3) is 5.95 Å². The Morgan fingerprint density at radius 3 is 1.98 bits per heavy atom. The van der Waals surface area contributed by atoms with Gasteiger partial charge in [0.15, 0.2) is 0 Å². The van der Waals surface area contributed by atoms with Gasteiger partial charge in [-0.1, -0.05) is 18.9 Å². The predicted molar refractivity (Wildman–Crippen MR) is 159 cm³/mol. The number of ether oxygens (including phenoxy) is 1. The number of carbonyl (C=O) groups is 1. The maximum Gasteiger partial charge on any atom is 0.573 e. The number of carboxylic acids is 1. The number of aryl methyl sites for hydroxylation is 1. The number of rotatable bonds is 14. The monoisotopic (exact) mass is 720 g/mol. The minimum absolute atomic E-state index is 0. The number of halogens is 10. The van der Waals surface area contributed by atoms with Crippen LogP contribution in [0.25, 0.3) is 0 Å².